The number of ether oxygens (including phenoxy) is 1. The van der Waals surface area contributed by atoms with Gasteiger partial charge in [0.1, 0.15) is 0 Å². The monoisotopic (exact) mass is 394 g/mol. The summed E-state index contributed by atoms with van der Waals surface area (Å²) < 4.78 is 34.9. The molecule has 1 saturated heterocycles. The lowest BCUT2D eigenvalue weighted by Gasteiger charge is -2.49. The smallest absolute Gasteiger partial charge is 0.257 e. The van der Waals surface area contributed by atoms with E-state index in [9.17, 15) is 13.5 Å². The summed E-state index contributed by atoms with van der Waals surface area (Å²) >= 11 is 0. The lowest BCUT2D eigenvalue weighted by Crippen LogP contribution is -2.66. The van der Waals surface area contributed by atoms with Gasteiger partial charge in [-0.3, -0.25) is 9.58 Å². The molecular weight excluding hydrogens is 368 g/mol. The molecule has 1 aliphatic heterocycles. The van der Waals surface area contributed by atoms with Crippen molar-refractivity contribution in [1.29, 1.82) is 0 Å². The fraction of sp³-hybridized carbons (Fsp3) is 0.500. The molecule has 0 aliphatic carbocycles. The lowest BCUT2D eigenvalue weighted by molar-refractivity contribution is -0.120. The fourth-order valence-corrected chi connectivity index (χ4v) is 4.68. The number of aryl methyl sites for hydroxylation is 1. The van der Waals surface area contributed by atoms with E-state index in [-0.39, 0.29) is 30.8 Å². The van der Waals surface area contributed by atoms with E-state index in [1.807, 2.05) is 37.3 Å². The number of aromatic nitrogens is 2. The molecular formula is C18H26N4O4S. The third kappa shape index (κ3) is 4.22. The van der Waals surface area contributed by atoms with Crippen LogP contribution < -0.4 is 4.72 Å². The Hall–Kier alpha value is -1.78. The highest BCUT2D eigenvalue weighted by Gasteiger charge is 2.43. The minimum atomic E-state index is -3.75. The number of hydrogen-bond donors (Lipinski definition) is 2. The van der Waals surface area contributed by atoms with Crippen molar-refractivity contribution in [1.82, 2.24) is 19.4 Å². The Kier molecular flexibility index (Phi) is 5.97. The highest BCUT2D eigenvalue weighted by atomic mass is 32.2. The average molecular weight is 394 g/mol. The molecule has 0 spiro atoms. The van der Waals surface area contributed by atoms with Gasteiger partial charge in [0.2, 0.25) is 0 Å². The van der Waals surface area contributed by atoms with E-state index in [1.165, 1.54) is 16.9 Å². The van der Waals surface area contributed by atoms with Gasteiger partial charge in [0.15, 0.2) is 5.03 Å². The van der Waals surface area contributed by atoms with Gasteiger partial charge in [-0.15, -0.1) is 0 Å². The number of rotatable bonds is 7. The van der Waals surface area contributed by atoms with Crippen LogP contribution in [0.25, 0.3) is 0 Å². The molecule has 2 N–H and O–H groups in total. The molecule has 0 amide bonds. The van der Waals surface area contributed by atoms with E-state index in [0.717, 1.165) is 5.56 Å². The highest BCUT2D eigenvalue weighted by molar-refractivity contribution is 7.89. The Morgan fingerprint density at radius 2 is 2.07 bits per heavy atom. The van der Waals surface area contributed by atoms with E-state index in [0.29, 0.717) is 13.2 Å². The number of aliphatic hydroxyl groups is 1. The third-order valence-electron chi connectivity index (χ3n) is 5.00. The first-order chi connectivity index (χ1) is 12.9. The number of hydrogen-bond acceptors (Lipinski definition) is 6. The van der Waals surface area contributed by atoms with Crippen molar-refractivity contribution in [2.75, 3.05) is 26.4 Å². The second kappa shape index (κ2) is 8.07. The molecule has 27 heavy (non-hydrogen) atoms. The molecule has 2 heterocycles. The Bertz CT molecular complexity index is 855. The molecule has 148 valence electrons. The van der Waals surface area contributed by atoms with Crippen LogP contribution in [0.4, 0.5) is 0 Å². The van der Waals surface area contributed by atoms with Crippen LogP contribution in [0.2, 0.25) is 0 Å². The summed E-state index contributed by atoms with van der Waals surface area (Å²) in [5.41, 5.74) is 0.248. The summed E-state index contributed by atoms with van der Waals surface area (Å²) in [6.45, 7) is 3.20. The van der Waals surface area contributed by atoms with E-state index in [4.69, 9.17) is 4.74 Å². The van der Waals surface area contributed by atoms with Gasteiger partial charge in [-0.25, -0.2) is 13.1 Å². The van der Waals surface area contributed by atoms with Gasteiger partial charge in [0.05, 0.1) is 31.6 Å². The normalized spacial score (nSPS) is 24.2. The van der Waals surface area contributed by atoms with Crippen molar-refractivity contribution in [2.24, 2.45) is 7.05 Å². The first kappa shape index (κ1) is 20.0. The van der Waals surface area contributed by atoms with Crippen LogP contribution in [-0.2, 0) is 28.4 Å². The molecule has 1 aromatic heterocycles. The topological polar surface area (TPSA) is 96.7 Å². The predicted molar refractivity (Wildman–Crippen MR) is 100 cm³/mol. The van der Waals surface area contributed by atoms with Crippen molar-refractivity contribution < 1.29 is 18.3 Å². The van der Waals surface area contributed by atoms with E-state index < -0.39 is 15.6 Å². The molecule has 8 nitrogen and oxygen atoms in total. The van der Waals surface area contributed by atoms with Crippen LogP contribution in [0.3, 0.4) is 0 Å². The summed E-state index contributed by atoms with van der Waals surface area (Å²) in [6.07, 6.45) is 1.43. The number of aliphatic hydroxyl groups excluding tert-OH is 1. The molecule has 0 radical (unpaired) electrons. The maximum atomic E-state index is 12.6. The van der Waals surface area contributed by atoms with Gasteiger partial charge in [-0.2, -0.15) is 5.10 Å². The molecule has 9 heteroatoms. The van der Waals surface area contributed by atoms with Gasteiger partial charge in [-0.1, -0.05) is 30.3 Å². The molecule has 1 aliphatic rings. The number of nitrogens with zero attached hydrogens (tertiary/aromatic N) is 3. The molecule has 1 fully saturated rings. The molecule has 2 aromatic rings. The molecule has 1 aromatic carbocycles. The minimum absolute atomic E-state index is 0.0345. The maximum absolute atomic E-state index is 12.6. The number of benzene rings is 1. The average Bonchev–Trinajstić information content (AvgIpc) is 3.10. The summed E-state index contributed by atoms with van der Waals surface area (Å²) in [6, 6.07) is 11.4. The predicted octanol–water partition coefficient (Wildman–Crippen LogP) is 0.350. The van der Waals surface area contributed by atoms with Gasteiger partial charge >= 0.3 is 0 Å². The van der Waals surface area contributed by atoms with Crippen LogP contribution in [0.1, 0.15) is 12.5 Å². The maximum Gasteiger partial charge on any atom is 0.257 e. The van der Waals surface area contributed by atoms with E-state index in [2.05, 4.69) is 14.7 Å². The Labute approximate surface area is 159 Å². The zero-order valence-corrected chi connectivity index (χ0v) is 16.4. The Morgan fingerprint density at radius 3 is 2.70 bits per heavy atom. The third-order valence-corrected chi connectivity index (χ3v) is 6.48. The molecule has 0 saturated carbocycles. The van der Waals surface area contributed by atoms with Crippen molar-refractivity contribution in [3.05, 3.63) is 48.2 Å². The van der Waals surface area contributed by atoms with E-state index >= 15 is 0 Å². The second-order valence-electron chi connectivity index (χ2n) is 6.98. The van der Waals surface area contributed by atoms with Crippen LogP contribution in [-0.4, -0.2) is 66.2 Å². The van der Waals surface area contributed by atoms with Gasteiger partial charge in [0, 0.05) is 26.2 Å². The molecule has 0 unspecified atom stereocenters. The summed E-state index contributed by atoms with van der Waals surface area (Å²) in [7, 11) is -2.18. The molecule has 2 atom stereocenters. The van der Waals surface area contributed by atoms with Crippen molar-refractivity contribution in [3.8, 4) is 0 Å². The molecule has 3 rings (SSSR count). The van der Waals surface area contributed by atoms with E-state index in [1.54, 1.807) is 7.05 Å². The Morgan fingerprint density at radius 1 is 1.33 bits per heavy atom. The van der Waals surface area contributed by atoms with Crippen LogP contribution in [0, 0.1) is 0 Å². The van der Waals surface area contributed by atoms with Crippen molar-refractivity contribution in [2.45, 2.75) is 30.1 Å². The van der Waals surface area contributed by atoms with Gasteiger partial charge in [0.25, 0.3) is 10.0 Å². The quantitative estimate of drug-likeness (QED) is 0.704. The zero-order chi connectivity index (χ0) is 19.5. The first-order valence-electron chi connectivity index (χ1n) is 8.85. The molecule has 0 bridgehead atoms. The van der Waals surface area contributed by atoms with Crippen molar-refractivity contribution >= 4 is 10.0 Å². The van der Waals surface area contributed by atoms with Gasteiger partial charge < -0.3 is 9.84 Å². The zero-order valence-electron chi connectivity index (χ0n) is 15.6. The number of sulfonamides is 1. The van der Waals surface area contributed by atoms with Crippen LogP contribution in [0.15, 0.2) is 47.6 Å². The largest absolute Gasteiger partial charge is 0.394 e. The SMILES string of the molecule is C[C@@H]1COC[C@@](CO)(CNS(=O)(=O)c2ccnn2C)N1Cc1ccccc1. The first-order valence-corrected chi connectivity index (χ1v) is 10.3. The number of morpholine rings is 1. The summed E-state index contributed by atoms with van der Waals surface area (Å²) in [4.78, 5) is 2.12. The van der Waals surface area contributed by atoms with Crippen LogP contribution >= 0.6 is 0 Å². The number of nitrogens with one attached hydrogen (secondary N) is 1. The lowest BCUT2D eigenvalue weighted by atomic mass is 9.94. The van der Waals surface area contributed by atoms with Crippen LogP contribution in [0.5, 0.6) is 0 Å². The van der Waals surface area contributed by atoms with Gasteiger partial charge in [-0.05, 0) is 18.6 Å². The summed E-state index contributed by atoms with van der Waals surface area (Å²) in [5, 5.41) is 14.2. The minimum Gasteiger partial charge on any atom is -0.394 e. The highest BCUT2D eigenvalue weighted by Crippen LogP contribution is 2.26. The fourth-order valence-electron chi connectivity index (χ4n) is 3.44. The second-order valence-corrected chi connectivity index (χ2v) is 8.69. The summed E-state index contributed by atoms with van der Waals surface area (Å²) in [5.74, 6) is 0. The Balaban J connectivity index is 1.83. The van der Waals surface area contributed by atoms with Crippen molar-refractivity contribution in [3.63, 3.8) is 0 Å². The standard InChI is InChI=1S/C18H26N4O4S/c1-15-11-26-14-18(13-23,22(15)10-16-6-4-3-5-7-16)12-20-27(24,25)17-8-9-19-21(17)2/h3-9,15,20,23H,10-14H2,1-2H3/t15-,18+/m1/s1.